The molecule has 3 aromatic rings. The number of alkyl carbamates (subject to hydrolysis) is 1. The zero-order valence-electron chi connectivity index (χ0n) is 23.5. The first-order chi connectivity index (χ1) is 18.1. The van der Waals surface area contributed by atoms with Gasteiger partial charge in [-0.1, -0.05) is 25.7 Å². The summed E-state index contributed by atoms with van der Waals surface area (Å²) >= 11 is 0. The van der Waals surface area contributed by atoms with E-state index in [1.165, 1.54) is 24.5 Å². The van der Waals surface area contributed by atoms with Gasteiger partial charge in [-0.25, -0.2) is 23.9 Å². The second-order valence-corrected chi connectivity index (χ2v) is 17.2. The van der Waals surface area contributed by atoms with Crippen molar-refractivity contribution in [3.05, 3.63) is 47.7 Å². The van der Waals surface area contributed by atoms with Crippen LogP contribution in [-0.4, -0.2) is 58.0 Å². The van der Waals surface area contributed by atoms with E-state index in [4.69, 9.17) is 14.2 Å². The minimum atomic E-state index is -1.30. The lowest BCUT2D eigenvalue weighted by Crippen LogP contribution is -2.44. The summed E-state index contributed by atoms with van der Waals surface area (Å²) in [6.45, 7) is 14.8. The Balaban J connectivity index is 1.74. The fourth-order valence-electron chi connectivity index (χ4n) is 3.74. The molecular weight excluding hydrogens is 523 g/mol. The molecule has 10 nitrogen and oxygen atoms in total. The van der Waals surface area contributed by atoms with E-state index in [0.29, 0.717) is 29.9 Å². The van der Waals surface area contributed by atoms with E-state index >= 15 is 4.39 Å². The van der Waals surface area contributed by atoms with Crippen LogP contribution in [0.1, 0.15) is 31.9 Å². The molecule has 1 amide bonds. The zero-order chi connectivity index (χ0) is 29.0. The molecule has 0 aliphatic heterocycles. The molecule has 0 aliphatic carbocycles. The Hall–Kier alpha value is -3.51. The van der Waals surface area contributed by atoms with Gasteiger partial charge in [0.05, 0.1) is 5.39 Å². The number of carbonyl (C=O) groups excluding carboxylic acids is 1. The smallest absolute Gasteiger partial charge is 0.408 e. The van der Waals surface area contributed by atoms with Crippen molar-refractivity contribution in [1.82, 2.24) is 19.9 Å². The number of hydrogen-bond donors (Lipinski definition) is 2. The summed E-state index contributed by atoms with van der Waals surface area (Å²) in [6.07, 6.45) is 2.22. The Kier molecular flexibility index (Phi) is 9.33. The summed E-state index contributed by atoms with van der Waals surface area (Å²) in [4.78, 5) is 32.3. The highest BCUT2D eigenvalue weighted by molar-refractivity contribution is 6.76. The van der Waals surface area contributed by atoms with Crippen LogP contribution in [0.3, 0.4) is 0 Å². The largest absolute Gasteiger partial charge is 0.480 e. The summed E-state index contributed by atoms with van der Waals surface area (Å²) in [7, 11) is -1.21. The standard InChI is InChI=1S/C27H37FN4O6Si/c1-17-14-32(16-36-10-11-39(5,6)7)23-22(17)24(30-15-29-23)37-21-9-8-18(12-19(21)28)13-20(25(33)34)31-26(35)38-27(2,3)4/h8-9,12,14-15,20H,10-11,13,16H2,1-7H3,(H,31,35)(H,33,34)/t20-/m0/s1. The molecule has 2 N–H and O–H groups in total. The third-order valence-electron chi connectivity index (χ3n) is 5.67. The van der Waals surface area contributed by atoms with E-state index in [2.05, 4.69) is 34.9 Å². The molecule has 0 saturated heterocycles. The molecule has 3 rings (SSSR count). The molecule has 0 fully saturated rings. The molecule has 0 aliphatic rings. The van der Waals surface area contributed by atoms with Gasteiger partial charge in [0, 0.05) is 27.3 Å². The highest BCUT2D eigenvalue weighted by Crippen LogP contribution is 2.32. The van der Waals surface area contributed by atoms with Gasteiger partial charge in [0.15, 0.2) is 11.6 Å². The Morgan fingerprint density at radius 1 is 1.21 bits per heavy atom. The molecular formula is C27H37FN4O6Si. The van der Waals surface area contributed by atoms with Crippen LogP contribution in [-0.2, 0) is 27.4 Å². The lowest BCUT2D eigenvalue weighted by Gasteiger charge is -2.22. The van der Waals surface area contributed by atoms with Crippen LogP contribution in [0, 0.1) is 12.7 Å². The predicted molar refractivity (Wildman–Crippen MR) is 147 cm³/mol. The number of carboxylic acids is 1. The summed E-state index contributed by atoms with van der Waals surface area (Å²) in [5, 5.41) is 12.5. The van der Waals surface area contributed by atoms with Crippen molar-refractivity contribution in [3.8, 4) is 11.6 Å². The van der Waals surface area contributed by atoms with Crippen molar-refractivity contribution in [2.24, 2.45) is 0 Å². The fraction of sp³-hybridized carbons (Fsp3) is 0.481. The summed E-state index contributed by atoms with van der Waals surface area (Å²) in [5.74, 6) is -1.86. The number of amides is 1. The second kappa shape index (κ2) is 12.1. The Labute approximate surface area is 228 Å². The molecule has 0 saturated carbocycles. The average molecular weight is 561 g/mol. The maximum atomic E-state index is 15.0. The highest BCUT2D eigenvalue weighted by atomic mass is 28.3. The van der Waals surface area contributed by atoms with Crippen LogP contribution in [0.2, 0.25) is 25.7 Å². The van der Waals surface area contributed by atoms with Crippen LogP contribution in [0.15, 0.2) is 30.7 Å². The van der Waals surface area contributed by atoms with E-state index in [0.717, 1.165) is 11.6 Å². The molecule has 2 aromatic heterocycles. The second-order valence-electron chi connectivity index (χ2n) is 11.6. The molecule has 12 heteroatoms. The lowest BCUT2D eigenvalue weighted by molar-refractivity contribution is -0.139. The summed E-state index contributed by atoms with van der Waals surface area (Å²) in [5.41, 5.74) is 1.03. The molecule has 0 unspecified atom stereocenters. The predicted octanol–water partition coefficient (Wildman–Crippen LogP) is 5.50. The number of hydrogen-bond acceptors (Lipinski definition) is 7. The lowest BCUT2D eigenvalue weighted by atomic mass is 10.1. The van der Waals surface area contributed by atoms with Crippen LogP contribution < -0.4 is 10.1 Å². The van der Waals surface area contributed by atoms with Crippen molar-refractivity contribution in [2.45, 2.75) is 78.2 Å². The van der Waals surface area contributed by atoms with Gasteiger partial charge in [-0.2, -0.15) is 0 Å². The van der Waals surface area contributed by atoms with Crippen molar-refractivity contribution >= 4 is 31.2 Å². The van der Waals surface area contributed by atoms with E-state index in [1.807, 2.05) is 17.7 Å². The number of benzene rings is 1. The van der Waals surface area contributed by atoms with Gasteiger partial charge < -0.3 is 29.2 Å². The average Bonchev–Trinajstić information content (AvgIpc) is 3.12. The number of ether oxygens (including phenoxy) is 3. The number of fused-ring (bicyclic) bond motifs is 1. The van der Waals surface area contributed by atoms with Crippen molar-refractivity contribution < 1.29 is 33.3 Å². The maximum Gasteiger partial charge on any atom is 0.408 e. The van der Waals surface area contributed by atoms with Crippen LogP contribution in [0.25, 0.3) is 11.0 Å². The van der Waals surface area contributed by atoms with Gasteiger partial charge in [-0.3, -0.25) is 0 Å². The molecule has 0 spiro atoms. The van der Waals surface area contributed by atoms with Gasteiger partial charge >= 0.3 is 12.1 Å². The maximum absolute atomic E-state index is 15.0. The number of aromatic nitrogens is 3. The van der Waals surface area contributed by atoms with Gasteiger partial charge in [-0.15, -0.1) is 0 Å². The van der Waals surface area contributed by atoms with E-state index in [1.54, 1.807) is 20.8 Å². The quantitative estimate of drug-likeness (QED) is 0.233. The number of nitrogens with zero attached hydrogens (tertiary/aromatic N) is 3. The van der Waals surface area contributed by atoms with Crippen LogP contribution >= 0.6 is 0 Å². The number of rotatable bonds is 11. The highest BCUT2D eigenvalue weighted by Gasteiger charge is 2.25. The zero-order valence-corrected chi connectivity index (χ0v) is 24.5. The van der Waals surface area contributed by atoms with Crippen molar-refractivity contribution in [2.75, 3.05) is 6.61 Å². The number of halogens is 1. The SMILES string of the molecule is Cc1cn(COCC[Si](C)(C)C)c2ncnc(Oc3ccc(C[C@H](NC(=O)OC(C)(C)C)C(=O)O)cc3F)c12. The van der Waals surface area contributed by atoms with Crippen molar-refractivity contribution in [1.29, 1.82) is 0 Å². The number of aliphatic carboxylic acids is 1. The van der Waals surface area contributed by atoms with Gasteiger partial charge in [0.1, 0.15) is 30.3 Å². The fourth-order valence-corrected chi connectivity index (χ4v) is 4.50. The first kappa shape index (κ1) is 30.0. The normalized spacial score (nSPS) is 12.8. The van der Waals surface area contributed by atoms with E-state index in [9.17, 15) is 14.7 Å². The van der Waals surface area contributed by atoms with Gasteiger partial charge in [0.25, 0.3) is 0 Å². The summed E-state index contributed by atoms with van der Waals surface area (Å²) in [6, 6.07) is 3.85. The molecule has 0 radical (unpaired) electrons. The van der Waals surface area contributed by atoms with E-state index < -0.39 is 37.6 Å². The first-order valence-electron chi connectivity index (χ1n) is 12.7. The third kappa shape index (κ3) is 8.75. The minimum Gasteiger partial charge on any atom is -0.480 e. The number of aryl methyl sites for hydroxylation is 1. The number of carboxylic acid groups (broad SMARTS) is 1. The Morgan fingerprint density at radius 3 is 2.54 bits per heavy atom. The molecule has 1 aromatic carbocycles. The van der Waals surface area contributed by atoms with Gasteiger partial charge in [0.2, 0.25) is 5.88 Å². The van der Waals surface area contributed by atoms with Gasteiger partial charge in [-0.05, 0) is 57.0 Å². The molecule has 212 valence electrons. The monoisotopic (exact) mass is 560 g/mol. The molecule has 39 heavy (non-hydrogen) atoms. The van der Waals surface area contributed by atoms with Crippen LogP contribution in [0.4, 0.5) is 9.18 Å². The Morgan fingerprint density at radius 2 is 1.92 bits per heavy atom. The Bertz CT molecular complexity index is 1330. The topological polar surface area (TPSA) is 125 Å². The van der Waals surface area contributed by atoms with Crippen molar-refractivity contribution in [3.63, 3.8) is 0 Å². The number of carbonyl (C=O) groups is 2. The number of nitrogens with one attached hydrogen (secondary N) is 1. The molecule has 0 bridgehead atoms. The molecule has 2 heterocycles. The first-order valence-corrected chi connectivity index (χ1v) is 16.4. The molecule has 1 atom stereocenters. The summed E-state index contributed by atoms with van der Waals surface area (Å²) < 4.78 is 33.7. The van der Waals surface area contributed by atoms with Crippen LogP contribution in [0.5, 0.6) is 11.6 Å². The van der Waals surface area contributed by atoms with E-state index in [-0.39, 0.29) is 18.1 Å². The third-order valence-corrected chi connectivity index (χ3v) is 7.37. The minimum absolute atomic E-state index is 0.0794.